The van der Waals surface area contributed by atoms with Crippen molar-refractivity contribution in [3.05, 3.63) is 59.7 Å². The first-order chi connectivity index (χ1) is 14.0. The van der Waals surface area contributed by atoms with E-state index in [1.54, 1.807) is 38.3 Å². The van der Waals surface area contributed by atoms with Gasteiger partial charge in [-0.05, 0) is 49.8 Å². The molecule has 2 atom stereocenters. The van der Waals surface area contributed by atoms with E-state index in [4.69, 9.17) is 9.47 Å². The van der Waals surface area contributed by atoms with Gasteiger partial charge in [0.25, 0.3) is 5.91 Å². The molecule has 154 valence electrons. The molecule has 2 unspecified atom stereocenters. The third-order valence-electron chi connectivity index (χ3n) is 4.88. The summed E-state index contributed by atoms with van der Waals surface area (Å²) < 4.78 is 11.1. The molecule has 0 fully saturated rings. The number of amides is 1. The van der Waals surface area contributed by atoms with Gasteiger partial charge in [0.1, 0.15) is 17.6 Å². The van der Waals surface area contributed by atoms with Crippen LogP contribution < -0.4 is 14.8 Å². The number of carbonyl (C=O) groups excluding carboxylic acids is 1. The molecule has 1 amide bonds. The Hall–Kier alpha value is -3.04. The smallest absolute Gasteiger partial charge is 0.260 e. The number of benzene rings is 2. The lowest BCUT2D eigenvalue weighted by Crippen LogP contribution is -2.42. The normalized spacial score (nSPS) is 12.7. The van der Waals surface area contributed by atoms with E-state index in [9.17, 15) is 10.1 Å². The van der Waals surface area contributed by atoms with Crippen LogP contribution in [-0.4, -0.2) is 43.7 Å². The first kappa shape index (κ1) is 22.3. The van der Waals surface area contributed by atoms with Gasteiger partial charge >= 0.3 is 0 Å². The molecule has 0 spiro atoms. The molecule has 0 saturated carbocycles. The first-order valence-corrected chi connectivity index (χ1v) is 9.85. The number of nitrogens with zero attached hydrogens (tertiary/aromatic N) is 2. The highest BCUT2D eigenvalue weighted by Gasteiger charge is 2.22. The summed E-state index contributed by atoms with van der Waals surface area (Å²) in [5.41, 5.74) is 1.49. The van der Waals surface area contributed by atoms with E-state index < -0.39 is 6.10 Å². The molecule has 6 nitrogen and oxygen atoms in total. The number of likely N-dealkylation sites (N-methyl/N-ethyl adjacent to an activating group) is 1. The Bertz CT molecular complexity index is 843. The number of carbonyl (C=O) groups is 1. The van der Waals surface area contributed by atoms with E-state index in [0.29, 0.717) is 17.9 Å². The quantitative estimate of drug-likeness (QED) is 0.666. The van der Waals surface area contributed by atoms with Crippen molar-refractivity contribution in [1.82, 2.24) is 10.2 Å². The maximum Gasteiger partial charge on any atom is 0.260 e. The van der Waals surface area contributed by atoms with Crippen LogP contribution in [0, 0.1) is 11.3 Å². The fraction of sp³-hybridized carbons (Fsp3) is 0.391. The highest BCUT2D eigenvalue weighted by atomic mass is 16.5. The van der Waals surface area contributed by atoms with Gasteiger partial charge in [0.05, 0.1) is 18.7 Å². The van der Waals surface area contributed by atoms with Crippen LogP contribution in [0.15, 0.2) is 48.5 Å². The van der Waals surface area contributed by atoms with Crippen LogP contribution >= 0.6 is 0 Å². The largest absolute Gasteiger partial charge is 0.497 e. The van der Waals surface area contributed by atoms with Crippen molar-refractivity contribution >= 4 is 5.91 Å². The molecule has 0 heterocycles. The van der Waals surface area contributed by atoms with E-state index in [1.807, 2.05) is 24.3 Å². The average Bonchev–Trinajstić information content (AvgIpc) is 2.76. The third kappa shape index (κ3) is 5.97. The minimum Gasteiger partial charge on any atom is -0.497 e. The van der Waals surface area contributed by atoms with Crippen molar-refractivity contribution in [3.63, 3.8) is 0 Å². The number of hydrogen-bond donors (Lipinski definition) is 1. The van der Waals surface area contributed by atoms with Crippen LogP contribution in [0.25, 0.3) is 0 Å². The highest BCUT2D eigenvalue weighted by molar-refractivity contribution is 5.80. The summed E-state index contributed by atoms with van der Waals surface area (Å²) in [5, 5.41) is 12.2. The van der Waals surface area contributed by atoms with Gasteiger partial charge in [0.15, 0.2) is 6.10 Å². The lowest BCUT2D eigenvalue weighted by Gasteiger charge is -2.31. The molecular weight excluding hydrogens is 366 g/mol. The van der Waals surface area contributed by atoms with Gasteiger partial charge < -0.3 is 14.8 Å². The van der Waals surface area contributed by atoms with Crippen molar-refractivity contribution in [1.29, 1.82) is 5.26 Å². The number of para-hydroxylation sites is 1. The molecule has 0 bridgehead atoms. The summed E-state index contributed by atoms with van der Waals surface area (Å²) >= 11 is 0. The molecule has 0 saturated heterocycles. The van der Waals surface area contributed by atoms with Gasteiger partial charge in [0.2, 0.25) is 0 Å². The van der Waals surface area contributed by atoms with Gasteiger partial charge in [-0.3, -0.25) is 9.69 Å². The molecule has 0 aliphatic heterocycles. The summed E-state index contributed by atoms with van der Waals surface area (Å²) in [6.45, 7) is 8.04. The van der Waals surface area contributed by atoms with Crippen molar-refractivity contribution < 1.29 is 14.3 Å². The fourth-order valence-electron chi connectivity index (χ4n) is 3.22. The van der Waals surface area contributed by atoms with Crippen LogP contribution in [0.2, 0.25) is 0 Å². The Kier molecular flexibility index (Phi) is 8.50. The predicted molar refractivity (Wildman–Crippen MR) is 113 cm³/mol. The minimum atomic E-state index is -0.716. The van der Waals surface area contributed by atoms with Crippen molar-refractivity contribution in [2.24, 2.45) is 0 Å². The SMILES string of the molecule is CCN(CC)C(CNC(=O)C(C)Oc1ccccc1C#N)c1cccc(OC)c1. The zero-order valence-corrected chi connectivity index (χ0v) is 17.5. The molecule has 6 heteroatoms. The molecule has 2 rings (SSSR count). The van der Waals surface area contributed by atoms with E-state index in [2.05, 4.69) is 30.1 Å². The lowest BCUT2D eigenvalue weighted by molar-refractivity contribution is -0.127. The van der Waals surface area contributed by atoms with Crippen LogP contribution in [0.5, 0.6) is 11.5 Å². The summed E-state index contributed by atoms with van der Waals surface area (Å²) in [5.74, 6) is 0.972. The predicted octanol–water partition coefficient (Wildman–Crippen LogP) is 3.53. The van der Waals surface area contributed by atoms with Gasteiger partial charge in [-0.1, -0.05) is 38.1 Å². The zero-order valence-electron chi connectivity index (χ0n) is 17.5. The van der Waals surface area contributed by atoms with E-state index in [-0.39, 0.29) is 11.9 Å². The van der Waals surface area contributed by atoms with E-state index in [0.717, 1.165) is 24.4 Å². The monoisotopic (exact) mass is 395 g/mol. The second-order valence-electron chi connectivity index (χ2n) is 6.63. The first-order valence-electron chi connectivity index (χ1n) is 9.85. The molecular formula is C23H29N3O3. The Labute approximate surface area is 173 Å². The summed E-state index contributed by atoms with van der Waals surface area (Å²) in [6.07, 6.45) is -0.716. The Morgan fingerprint density at radius 3 is 2.55 bits per heavy atom. The maximum atomic E-state index is 12.6. The molecule has 2 aromatic carbocycles. The number of methoxy groups -OCH3 is 1. The van der Waals surface area contributed by atoms with Gasteiger partial charge in [-0.25, -0.2) is 0 Å². The Morgan fingerprint density at radius 1 is 1.17 bits per heavy atom. The molecule has 0 aliphatic rings. The fourth-order valence-corrected chi connectivity index (χ4v) is 3.22. The van der Waals surface area contributed by atoms with Crippen molar-refractivity contribution in [3.8, 4) is 17.6 Å². The molecule has 0 aromatic heterocycles. The number of nitriles is 1. The van der Waals surface area contributed by atoms with Crippen LogP contribution in [-0.2, 0) is 4.79 Å². The van der Waals surface area contributed by atoms with Gasteiger partial charge in [-0.2, -0.15) is 5.26 Å². The second-order valence-corrected chi connectivity index (χ2v) is 6.63. The number of rotatable bonds is 10. The summed E-state index contributed by atoms with van der Waals surface area (Å²) in [4.78, 5) is 14.9. The summed E-state index contributed by atoms with van der Waals surface area (Å²) in [7, 11) is 1.64. The minimum absolute atomic E-state index is 0.0163. The van der Waals surface area contributed by atoms with Gasteiger partial charge in [0, 0.05) is 6.54 Å². The number of ether oxygens (including phenoxy) is 2. The zero-order chi connectivity index (χ0) is 21.2. The van der Waals surface area contributed by atoms with Crippen LogP contribution in [0.4, 0.5) is 0 Å². The summed E-state index contributed by atoms with van der Waals surface area (Å²) in [6, 6.07) is 16.9. The molecule has 0 radical (unpaired) electrons. The second kappa shape index (κ2) is 11.1. The Morgan fingerprint density at radius 2 is 1.90 bits per heavy atom. The number of hydrogen-bond acceptors (Lipinski definition) is 5. The number of nitrogens with one attached hydrogen (secondary N) is 1. The van der Waals surface area contributed by atoms with Gasteiger partial charge in [-0.15, -0.1) is 0 Å². The molecule has 1 N–H and O–H groups in total. The topological polar surface area (TPSA) is 74.6 Å². The van der Waals surface area contributed by atoms with Crippen molar-refractivity contribution in [2.75, 3.05) is 26.7 Å². The molecule has 0 aliphatic carbocycles. The van der Waals surface area contributed by atoms with Crippen LogP contribution in [0.1, 0.15) is 37.9 Å². The standard InChI is InChI=1S/C23H29N3O3/c1-5-26(6-2)21(18-11-9-12-20(14-18)28-4)16-25-23(27)17(3)29-22-13-8-7-10-19(22)15-24/h7-14,17,21H,5-6,16H2,1-4H3,(H,25,27). The van der Waals surface area contributed by atoms with E-state index >= 15 is 0 Å². The van der Waals surface area contributed by atoms with Crippen molar-refractivity contribution in [2.45, 2.75) is 32.9 Å². The van der Waals surface area contributed by atoms with E-state index in [1.165, 1.54) is 0 Å². The van der Waals surface area contributed by atoms with Crippen LogP contribution in [0.3, 0.4) is 0 Å². The Balaban J connectivity index is 2.09. The molecule has 2 aromatic rings. The lowest BCUT2D eigenvalue weighted by atomic mass is 10.0. The maximum absolute atomic E-state index is 12.6. The molecule has 29 heavy (non-hydrogen) atoms. The third-order valence-corrected chi connectivity index (χ3v) is 4.88. The average molecular weight is 396 g/mol. The highest BCUT2D eigenvalue weighted by Crippen LogP contribution is 2.24.